The molecule has 0 unspecified atom stereocenters. The van der Waals surface area contributed by atoms with Gasteiger partial charge in [0.2, 0.25) is 5.89 Å². The van der Waals surface area contributed by atoms with Crippen molar-refractivity contribution >= 4 is 0 Å². The number of para-hydroxylation sites is 1. The molecule has 0 radical (unpaired) electrons. The van der Waals surface area contributed by atoms with E-state index in [9.17, 15) is 8.78 Å². The zero-order valence-corrected chi connectivity index (χ0v) is 12.7. The molecule has 3 rings (SSSR count). The van der Waals surface area contributed by atoms with Gasteiger partial charge in [0.1, 0.15) is 5.75 Å². The molecule has 1 saturated carbocycles. The molecule has 1 aromatic heterocycles. The second-order valence-electron chi connectivity index (χ2n) is 5.46. The van der Waals surface area contributed by atoms with E-state index in [0.717, 1.165) is 12.8 Å². The summed E-state index contributed by atoms with van der Waals surface area (Å²) in [5.74, 6) is 1.41. The summed E-state index contributed by atoms with van der Waals surface area (Å²) in [7, 11) is 0. The van der Waals surface area contributed by atoms with Gasteiger partial charge in [-0.25, -0.2) is 0 Å². The number of alkyl halides is 2. The van der Waals surface area contributed by atoms with E-state index in [1.807, 2.05) is 6.92 Å². The van der Waals surface area contributed by atoms with Crippen LogP contribution in [0.25, 0.3) is 0 Å². The molecule has 1 aliphatic rings. The van der Waals surface area contributed by atoms with Crippen LogP contribution in [0.15, 0.2) is 28.8 Å². The fourth-order valence-electron chi connectivity index (χ4n) is 2.68. The lowest BCUT2D eigenvalue weighted by atomic mass is 9.82. The number of benzene rings is 1. The standard InChI is InChI=1S/C16H18F2N2O3/c1-2-21-12-7-11(8-12)15-19-14(20-23-15)9-10-5-3-4-6-13(10)22-16(17)18/h3-6,11-12,16H,2,7-9H2,1H3. The van der Waals surface area contributed by atoms with Crippen molar-refractivity contribution in [1.29, 1.82) is 0 Å². The first-order chi connectivity index (χ1) is 11.2. The van der Waals surface area contributed by atoms with Crippen molar-refractivity contribution in [1.82, 2.24) is 10.1 Å². The molecule has 7 heteroatoms. The summed E-state index contributed by atoms with van der Waals surface area (Å²) in [5.41, 5.74) is 0.598. The molecule has 23 heavy (non-hydrogen) atoms. The predicted octanol–water partition coefficient (Wildman–Crippen LogP) is 3.54. The average molecular weight is 324 g/mol. The van der Waals surface area contributed by atoms with Crippen molar-refractivity contribution in [2.75, 3.05) is 6.61 Å². The van der Waals surface area contributed by atoms with Gasteiger partial charge >= 0.3 is 6.61 Å². The maximum absolute atomic E-state index is 12.4. The first kappa shape index (κ1) is 15.9. The lowest BCUT2D eigenvalue weighted by molar-refractivity contribution is -0.0504. The Hall–Kier alpha value is -2.02. The van der Waals surface area contributed by atoms with E-state index in [1.54, 1.807) is 18.2 Å². The number of hydrogen-bond acceptors (Lipinski definition) is 5. The van der Waals surface area contributed by atoms with Crippen LogP contribution in [-0.2, 0) is 11.2 Å². The number of hydrogen-bond donors (Lipinski definition) is 0. The van der Waals surface area contributed by atoms with Crippen LogP contribution in [-0.4, -0.2) is 29.5 Å². The Labute approximate surface area is 132 Å². The van der Waals surface area contributed by atoms with E-state index in [1.165, 1.54) is 6.07 Å². The third-order valence-electron chi connectivity index (χ3n) is 3.87. The Morgan fingerprint density at radius 3 is 2.83 bits per heavy atom. The van der Waals surface area contributed by atoms with Crippen molar-refractivity contribution in [3.8, 4) is 5.75 Å². The quantitative estimate of drug-likeness (QED) is 0.779. The normalized spacial score (nSPS) is 20.5. The van der Waals surface area contributed by atoms with Gasteiger partial charge in [-0.1, -0.05) is 23.4 Å². The molecule has 1 aliphatic carbocycles. The van der Waals surface area contributed by atoms with Crippen LogP contribution >= 0.6 is 0 Å². The van der Waals surface area contributed by atoms with Gasteiger partial charge in [0.05, 0.1) is 6.10 Å². The van der Waals surface area contributed by atoms with E-state index < -0.39 is 6.61 Å². The average Bonchev–Trinajstić information content (AvgIpc) is 2.92. The second-order valence-corrected chi connectivity index (χ2v) is 5.46. The topological polar surface area (TPSA) is 57.4 Å². The first-order valence-corrected chi connectivity index (χ1v) is 7.62. The summed E-state index contributed by atoms with van der Waals surface area (Å²) in [6.07, 6.45) is 2.30. The van der Waals surface area contributed by atoms with Crippen molar-refractivity contribution in [2.24, 2.45) is 0 Å². The Morgan fingerprint density at radius 1 is 1.30 bits per heavy atom. The number of rotatable bonds is 7. The number of nitrogens with zero attached hydrogens (tertiary/aromatic N) is 2. The van der Waals surface area contributed by atoms with E-state index in [-0.39, 0.29) is 24.2 Å². The lowest BCUT2D eigenvalue weighted by Crippen LogP contribution is -2.29. The van der Waals surface area contributed by atoms with Crippen molar-refractivity contribution in [3.05, 3.63) is 41.5 Å². The summed E-state index contributed by atoms with van der Waals surface area (Å²) in [5, 5.41) is 3.94. The van der Waals surface area contributed by atoms with E-state index in [4.69, 9.17) is 9.26 Å². The van der Waals surface area contributed by atoms with Gasteiger partial charge < -0.3 is 14.0 Å². The van der Waals surface area contributed by atoms with E-state index >= 15 is 0 Å². The molecule has 0 atom stereocenters. The summed E-state index contributed by atoms with van der Waals surface area (Å²) in [6, 6.07) is 6.61. The maximum atomic E-state index is 12.4. The molecule has 1 fully saturated rings. The highest BCUT2D eigenvalue weighted by molar-refractivity contribution is 5.35. The predicted molar refractivity (Wildman–Crippen MR) is 77.6 cm³/mol. The summed E-state index contributed by atoms with van der Waals surface area (Å²) < 4.78 is 40.1. The highest BCUT2D eigenvalue weighted by atomic mass is 19.3. The van der Waals surface area contributed by atoms with E-state index in [2.05, 4.69) is 14.9 Å². The smallest absolute Gasteiger partial charge is 0.387 e. The van der Waals surface area contributed by atoms with Crippen LogP contribution in [0.3, 0.4) is 0 Å². The fourth-order valence-corrected chi connectivity index (χ4v) is 2.68. The molecule has 5 nitrogen and oxygen atoms in total. The second kappa shape index (κ2) is 7.04. The molecule has 0 amide bonds. The third-order valence-corrected chi connectivity index (χ3v) is 3.87. The summed E-state index contributed by atoms with van der Waals surface area (Å²) >= 11 is 0. The number of ether oxygens (including phenoxy) is 2. The largest absolute Gasteiger partial charge is 0.435 e. The van der Waals surface area contributed by atoms with Gasteiger partial charge in [-0.15, -0.1) is 0 Å². The Kier molecular flexibility index (Phi) is 4.85. The van der Waals surface area contributed by atoms with Gasteiger partial charge in [0.15, 0.2) is 5.82 Å². The number of aromatic nitrogens is 2. The lowest BCUT2D eigenvalue weighted by Gasteiger charge is -2.32. The molecule has 1 aromatic carbocycles. The van der Waals surface area contributed by atoms with Gasteiger partial charge in [-0.3, -0.25) is 0 Å². The molecular weight excluding hydrogens is 306 g/mol. The molecule has 124 valence electrons. The summed E-state index contributed by atoms with van der Waals surface area (Å²) in [4.78, 5) is 4.37. The monoisotopic (exact) mass is 324 g/mol. The minimum Gasteiger partial charge on any atom is -0.435 e. The zero-order chi connectivity index (χ0) is 16.2. The minimum absolute atomic E-state index is 0.133. The fraction of sp³-hybridized carbons (Fsp3) is 0.500. The summed E-state index contributed by atoms with van der Waals surface area (Å²) in [6.45, 7) is -0.188. The zero-order valence-electron chi connectivity index (χ0n) is 12.7. The number of halogens is 2. The molecule has 0 saturated heterocycles. The third kappa shape index (κ3) is 3.85. The van der Waals surface area contributed by atoms with Crippen molar-refractivity contribution in [2.45, 2.75) is 44.8 Å². The van der Waals surface area contributed by atoms with Gasteiger partial charge in [0.25, 0.3) is 0 Å². The highest BCUT2D eigenvalue weighted by Gasteiger charge is 2.34. The first-order valence-electron chi connectivity index (χ1n) is 7.62. The molecule has 0 spiro atoms. The van der Waals surface area contributed by atoms with Crippen LogP contribution in [0.4, 0.5) is 8.78 Å². The molecule has 1 heterocycles. The van der Waals surface area contributed by atoms with Crippen molar-refractivity contribution < 1.29 is 22.8 Å². The van der Waals surface area contributed by atoms with Gasteiger partial charge in [0, 0.05) is 24.5 Å². The minimum atomic E-state index is -2.86. The molecular formula is C16H18F2N2O3. The SMILES string of the molecule is CCOC1CC(c2nc(Cc3ccccc3OC(F)F)no2)C1. The Balaban J connectivity index is 1.64. The van der Waals surface area contributed by atoms with Crippen molar-refractivity contribution in [3.63, 3.8) is 0 Å². The van der Waals surface area contributed by atoms with Crippen LogP contribution < -0.4 is 4.74 Å². The van der Waals surface area contributed by atoms with Crippen LogP contribution in [0.1, 0.15) is 43.0 Å². The van der Waals surface area contributed by atoms with Crippen LogP contribution in [0.5, 0.6) is 5.75 Å². The Bertz CT molecular complexity index is 642. The van der Waals surface area contributed by atoms with Crippen LogP contribution in [0.2, 0.25) is 0 Å². The molecule has 0 bridgehead atoms. The molecule has 0 aliphatic heterocycles. The Morgan fingerprint density at radius 2 is 2.09 bits per heavy atom. The molecule has 2 aromatic rings. The van der Waals surface area contributed by atoms with E-state index in [0.29, 0.717) is 23.9 Å². The molecule has 0 N–H and O–H groups in total. The van der Waals surface area contributed by atoms with Gasteiger partial charge in [-0.05, 0) is 25.8 Å². The van der Waals surface area contributed by atoms with Gasteiger partial charge in [-0.2, -0.15) is 13.8 Å². The highest BCUT2D eigenvalue weighted by Crippen LogP contribution is 2.38. The maximum Gasteiger partial charge on any atom is 0.387 e. The van der Waals surface area contributed by atoms with Crippen LogP contribution in [0, 0.1) is 0 Å².